The maximum Gasteiger partial charge on any atom is 0.342 e. The standard InChI is InChI=1S/C12H9NO4/c14-10-7-4-6-2-1-3-9(6)13-11(7)17-5-8(10)12(15)16/h4-5H,1-3H2,(H,15,16). The number of aryl methyl sites for hydroxylation is 2. The van der Waals surface area contributed by atoms with Gasteiger partial charge in [0.15, 0.2) is 0 Å². The van der Waals surface area contributed by atoms with E-state index in [2.05, 4.69) is 4.98 Å². The van der Waals surface area contributed by atoms with Gasteiger partial charge in [-0.2, -0.15) is 0 Å². The Labute approximate surface area is 95.7 Å². The van der Waals surface area contributed by atoms with Crippen LogP contribution in [-0.2, 0) is 12.8 Å². The molecule has 1 aliphatic rings. The molecule has 3 rings (SSSR count). The lowest BCUT2D eigenvalue weighted by Gasteiger charge is -2.01. The van der Waals surface area contributed by atoms with Crippen LogP contribution in [0.5, 0.6) is 0 Å². The van der Waals surface area contributed by atoms with Gasteiger partial charge in [0.2, 0.25) is 11.1 Å². The Morgan fingerprint density at radius 3 is 3.00 bits per heavy atom. The average molecular weight is 231 g/mol. The van der Waals surface area contributed by atoms with Gasteiger partial charge < -0.3 is 9.52 Å². The van der Waals surface area contributed by atoms with Crippen molar-refractivity contribution in [3.8, 4) is 0 Å². The first-order valence-electron chi connectivity index (χ1n) is 5.34. The Bertz CT molecular complexity index is 687. The summed E-state index contributed by atoms with van der Waals surface area (Å²) in [4.78, 5) is 27.0. The summed E-state index contributed by atoms with van der Waals surface area (Å²) in [7, 11) is 0. The van der Waals surface area contributed by atoms with Crippen molar-refractivity contribution < 1.29 is 14.3 Å². The number of hydrogen-bond donors (Lipinski definition) is 1. The lowest BCUT2D eigenvalue weighted by molar-refractivity contribution is 0.0693. The number of hydrogen-bond acceptors (Lipinski definition) is 4. The molecule has 0 amide bonds. The molecule has 0 aliphatic heterocycles. The summed E-state index contributed by atoms with van der Waals surface area (Å²) in [5.41, 5.74) is 1.31. The molecule has 5 nitrogen and oxygen atoms in total. The Hall–Kier alpha value is -2.17. The topological polar surface area (TPSA) is 80.4 Å². The van der Waals surface area contributed by atoms with Crippen molar-refractivity contribution in [1.29, 1.82) is 0 Å². The second-order valence-corrected chi connectivity index (χ2v) is 4.08. The van der Waals surface area contributed by atoms with Crippen molar-refractivity contribution >= 4 is 17.1 Å². The summed E-state index contributed by atoms with van der Waals surface area (Å²) < 4.78 is 5.12. The van der Waals surface area contributed by atoms with Crippen molar-refractivity contribution in [3.63, 3.8) is 0 Å². The van der Waals surface area contributed by atoms with Gasteiger partial charge in [-0.15, -0.1) is 0 Å². The molecule has 2 aromatic rings. The quantitative estimate of drug-likeness (QED) is 0.801. The fourth-order valence-electron chi connectivity index (χ4n) is 2.17. The molecule has 1 aliphatic carbocycles. The SMILES string of the molecule is O=C(O)c1coc2nc3c(cc2c1=O)CCC3. The number of nitrogens with zero attached hydrogens (tertiary/aromatic N) is 1. The van der Waals surface area contributed by atoms with Crippen LogP contribution >= 0.6 is 0 Å². The highest BCUT2D eigenvalue weighted by molar-refractivity contribution is 5.90. The van der Waals surface area contributed by atoms with Crippen LogP contribution in [0.3, 0.4) is 0 Å². The van der Waals surface area contributed by atoms with Crippen molar-refractivity contribution in [3.05, 3.63) is 39.4 Å². The zero-order chi connectivity index (χ0) is 12.0. The van der Waals surface area contributed by atoms with Crippen LogP contribution in [0, 0.1) is 0 Å². The zero-order valence-electron chi connectivity index (χ0n) is 8.90. The third-order valence-electron chi connectivity index (χ3n) is 3.02. The maximum atomic E-state index is 11.9. The lowest BCUT2D eigenvalue weighted by atomic mass is 10.1. The van der Waals surface area contributed by atoms with Crippen molar-refractivity contribution in [2.45, 2.75) is 19.3 Å². The molecule has 1 N–H and O–H groups in total. The van der Waals surface area contributed by atoms with Crippen LogP contribution in [-0.4, -0.2) is 16.1 Å². The minimum atomic E-state index is -1.28. The van der Waals surface area contributed by atoms with E-state index >= 15 is 0 Å². The number of rotatable bonds is 1. The summed E-state index contributed by atoms with van der Waals surface area (Å²) >= 11 is 0. The van der Waals surface area contributed by atoms with Crippen LogP contribution in [0.15, 0.2) is 21.5 Å². The van der Waals surface area contributed by atoms with E-state index in [4.69, 9.17) is 9.52 Å². The zero-order valence-corrected chi connectivity index (χ0v) is 8.90. The minimum absolute atomic E-state index is 0.223. The van der Waals surface area contributed by atoms with E-state index in [0.29, 0.717) is 0 Å². The molecule has 0 unspecified atom stereocenters. The second-order valence-electron chi connectivity index (χ2n) is 4.08. The predicted molar refractivity (Wildman–Crippen MR) is 59.3 cm³/mol. The second kappa shape index (κ2) is 3.41. The van der Waals surface area contributed by atoms with Crippen LogP contribution in [0.1, 0.15) is 28.0 Å². The van der Waals surface area contributed by atoms with Crippen LogP contribution < -0.4 is 5.43 Å². The van der Waals surface area contributed by atoms with Crippen molar-refractivity contribution in [1.82, 2.24) is 4.98 Å². The summed E-state index contributed by atoms with van der Waals surface area (Å²) in [5.74, 6) is -1.28. The molecule has 0 saturated heterocycles. The monoisotopic (exact) mass is 231 g/mol. The van der Waals surface area contributed by atoms with Gasteiger partial charge in [0, 0.05) is 5.69 Å². The number of carboxylic acids is 1. The van der Waals surface area contributed by atoms with E-state index in [-0.39, 0.29) is 16.7 Å². The van der Waals surface area contributed by atoms with Gasteiger partial charge >= 0.3 is 5.97 Å². The smallest absolute Gasteiger partial charge is 0.342 e. The fourth-order valence-corrected chi connectivity index (χ4v) is 2.17. The highest BCUT2D eigenvalue weighted by atomic mass is 16.4. The predicted octanol–water partition coefficient (Wildman–Crippen LogP) is 1.37. The minimum Gasteiger partial charge on any atom is -0.477 e. The van der Waals surface area contributed by atoms with Gasteiger partial charge in [0.25, 0.3) is 0 Å². The number of fused-ring (bicyclic) bond motifs is 2. The number of aromatic nitrogens is 1. The first kappa shape index (κ1) is 10.0. The van der Waals surface area contributed by atoms with E-state index in [9.17, 15) is 9.59 Å². The lowest BCUT2D eigenvalue weighted by Crippen LogP contribution is -2.14. The maximum absolute atomic E-state index is 11.9. The van der Waals surface area contributed by atoms with E-state index in [0.717, 1.165) is 36.8 Å². The summed E-state index contributed by atoms with van der Waals surface area (Å²) in [5, 5.41) is 9.09. The summed E-state index contributed by atoms with van der Waals surface area (Å²) in [6.45, 7) is 0. The first-order valence-corrected chi connectivity index (χ1v) is 5.34. The molecule has 2 heterocycles. The molecule has 17 heavy (non-hydrogen) atoms. The highest BCUT2D eigenvalue weighted by Crippen LogP contribution is 2.23. The molecular formula is C12H9NO4. The summed E-state index contributed by atoms with van der Waals surface area (Å²) in [6, 6.07) is 1.71. The van der Waals surface area contributed by atoms with Gasteiger partial charge in [-0.1, -0.05) is 0 Å². The molecule has 0 aromatic carbocycles. The molecule has 0 radical (unpaired) electrons. The molecule has 0 fully saturated rings. The van der Waals surface area contributed by atoms with Gasteiger partial charge in [-0.25, -0.2) is 9.78 Å². The molecule has 0 saturated carbocycles. The largest absolute Gasteiger partial charge is 0.477 e. The molecular weight excluding hydrogens is 222 g/mol. The number of carboxylic acid groups (broad SMARTS) is 1. The van der Waals surface area contributed by atoms with E-state index in [1.165, 1.54) is 0 Å². The molecule has 86 valence electrons. The van der Waals surface area contributed by atoms with Gasteiger partial charge in [0.05, 0.1) is 5.39 Å². The van der Waals surface area contributed by atoms with Gasteiger partial charge in [0.1, 0.15) is 11.8 Å². The Morgan fingerprint density at radius 2 is 2.24 bits per heavy atom. The van der Waals surface area contributed by atoms with Crippen LogP contribution in [0.4, 0.5) is 0 Å². The van der Waals surface area contributed by atoms with E-state index in [1.807, 2.05) is 0 Å². The van der Waals surface area contributed by atoms with E-state index < -0.39 is 11.4 Å². The third kappa shape index (κ3) is 1.43. The summed E-state index contributed by atoms with van der Waals surface area (Å²) in [6.07, 6.45) is 3.74. The third-order valence-corrected chi connectivity index (χ3v) is 3.02. The average Bonchev–Trinajstić information content (AvgIpc) is 2.73. The number of carbonyl (C=O) groups is 1. The number of pyridine rings is 1. The molecule has 0 bridgehead atoms. The van der Waals surface area contributed by atoms with E-state index in [1.54, 1.807) is 6.07 Å². The molecule has 0 atom stereocenters. The van der Waals surface area contributed by atoms with Crippen LogP contribution in [0.2, 0.25) is 0 Å². The van der Waals surface area contributed by atoms with Crippen LogP contribution in [0.25, 0.3) is 11.1 Å². The Balaban J connectivity index is 2.37. The number of aromatic carboxylic acids is 1. The van der Waals surface area contributed by atoms with Gasteiger partial charge in [-0.05, 0) is 30.9 Å². The first-order chi connectivity index (χ1) is 8.16. The van der Waals surface area contributed by atoms with Crippen molar-refractivity contribution in [2.75, 3.05) is 0 Å². The Kier molecular flexibility index (Phi) is 2.01. The fraction of sp³-hybridized carbons (Fsp3) is 0.250. The molecule has 5 heteroatoms. The molecule has 0 spiro atoms. The Morgan fingerprint density at radius 1 is 1.41 bits per heavy atom. The highest BCUT2D eigenvalue weighted by Gasteiger charge is 2.18. The molecule has 2 aromatic heterocycles. The van der Waals surface area contributed by atoms with Crippen molar-refractivity contribution in [2.24, 2.45) is 0 Å². The van der Waals surface area contributed by atoms with Gasteiger partial charge in [-0.3, -0.25) is 4.79 Å². The normalized spacial score (nSPS) is 13.9.